The van der Waals surface area contributed by atoms with E-state index in [1.54, 1.807) is 0 Å². The number of aliphatic hydroxyl groups is 1. The Labute approximate surface area is 68.8 Å². The molecule has 1 aliphatic carbocycles. The molecule has 0 amide bonds. The van der Waals surface area contributed by atoms with Gasteiger partial charge in [0.15, 0.2) is 0 Å². The molecule has 2 atom stereocenters. The fraction of sp³-hybridized carbons (Fsp3) is 1.00. The second kappa shape index (κ2) is 2.46. The highest BCUT2D eigenvalue weighted by Gasteiger charge is 2.46. The molecule has 0 spiro atoms. The summed E-state index contributed by atoms with van der Waals surface area (Å²) < 4.78 is 0. The van der Waals surface area contributed by atoms with Crippen LogP contribution in [0.4, 0.5) is 0 Å². The molecule has 2 unspecified atom stereocenters. The van der Waals surface area contributed by atoms with E-state index in [2.05, 4.69) is 20.8 Å². The standard InChI is InChI=1S/C9H19NO/c1-7-4-8(2,3)5-9(7,11)6-10/h7,11H,4-6,10H2,1-3H3. The minimum Gasteiger partial charge on any atom is -0.388 e. The molecule has 0 radical (unpaired) electrons. The first-order chi connectivity index (χ1) is 4.90. The van der Waals surface area contributed by atoms with Gasteiger partial charge in [0, 0.05) is 6.54 Å². The number of hydrogen-bond donors (Lipinski definition) is 2. The summed E-state index contributed by atoms with van der Waals surface area (Å²) in [6.45, 7) is 6.87. The molecular weight excluding hydrogens is 138 g/mol. The summed E-state index contributed by atoms with van der Waals surface area (Å²) in [4.78, 5) is 0. The SMILES string of the molecule is CC1CC(C)(C)CC1(O)CN. The van der Waals surface area contributed by atoms with Crippen LogP contribution < -0.4 is 5.73 Å². The van der Waals surface area contributed by atoms with Crippen molar-refractivity contribution >= 4 is 0 Å². The molecule has 0 aromatic heterocycles. The van der Waals surface area contributed by atoms with Crippen LogP contribution in [-0.4, -0.2) is 17.3 Å². The molecule has 66 valence electrons. The number of rotatable bonds is 1. The van der Waals surface area contributed by atoms with Crippen molar-refractivity contribution in [3.8, 4) is 0 Å². The molecule has 1 rings (SSSR count). The number of hydrogen-bond acceptors (Lipinski definition) is 2. The second-order valence-corrected chi connectivity index (χ2v) is 4.75. The van der Waals surface area contributed by atoms with Gasteiger partial charge in [0.25, 0.3) is 0 Å². The van der Waals surface area contributed by atoms with Crippen molar-refractivity contribution in [1.29, 1.82) is 0 Å². The van der Waals surface area contributed by atoms with Crippen molar-refractivity contribution in [2.75, 3.05) is 6.54 Å². The maximum Gasteiger partial charge on any atom is 0.0800 e. The molecule has 1 saturated carbocycles. The van der Waals surface area contributed by atoms with Crippen molar-refractivity contribution in [2.24, 2.45) is 17.1 Å². The van der Waals surface area contributed by atoms with Gasteiger partial charge in [-0.25, -0.2) is 0 Å². The van der Waals surface area contributed by atoms with Gasteiger partial charge >= 0.3 is 0 Å². The maximum absolute atomic E-state index is 9.98. The summed E-state index contributed by atoms with van der Waals surface area (Å²) in [5, 5.41) is 9.98. The van der Waals surface area contributed by atoms with E-state index < -0.39 is 5.60 Å². The van der Waals surface area contributed by atoms with Crippen LogP contribution in [0.25, 0.3) is 0 Å². The van der Waals surface area contributed by atoms with Gasteiger partial charge in [-0.3, -0.25) is 0 Å². The Morgan fingerprint density at radius 1 is 1.55 bits per heavy atom. The minimum absolute atomic E-state index is 0.271. The molecule has 1 fully saturated rings. The van der Waals surface area contributed by atoms with Crippen LogP contribution in [0.2, 0.25) is 0 Å². The zero-order chi connectivity index (χ0) is 8.70. The molecule has 2 nitrogen and oxygen atoms in total. The molecule has 0 aromatic carbocycles. The predicted molar refractivity (Wildman–Crippen MR) is 46.2 cm³/mol. The van der Waals surface area contributed by atoms with E-state index in [1.165, 1.54) is 0 Å². The van der Waals surface area contributed by atoms with E-state index in [4.69, 9.17) is 5.73 Å². The van der Waals surface area contributed by atoms with Gasteiger partial charge in [-0.15, -0.1) is 0 Å². The zero-order valence-corrected chi connectivity index (χ0v) is 7.72. The van der Waals surface area contributed by atoms with Gasteiger partial charge < -0.3 is 10.8 Å². The van der Waals surface area contributed by atoms with Crippen LogP contribution in [0.3, 0.4) is 0 Å². The first-order valence-electron chi connectivity index (χ1n) is 4.32. The highest BCUT2D eigenvalue weighted by atomic mass is 16.3. The van der Waals surface area contributed by atoms with Crippen molar-refractivity contribution in [2.45, 2.75) is 39.2 Å². The van der Waals surface area contributed by atoms with Crippen molar-refractivity contribution in [1.82, 2.24) is 0 Å². The van der Waals surface area contributed by atoms with Gasteiger partial charge in [-0.2, -0.15) is 0 Å². The molecule has 2 heteroatoms. The highest BCUT2D eigenvalue weighted by molar-refractivity contribution is 4.98. The van der Waals surface area contributed by atoms with Crippen LogP contribution in [0.1, 0.15) is 33.6 Å². The molecule has 3 N–H and O–H groups in total. The van der Waals surface area contributed by atoms with E-state index >= 15 is 0 Å². The Kier molecular flexibility index (Phi) is 2.01. The molecule has 0 aliphatic heterocycles. The third-order valence-corrected chi connectivity index (χ3v) is 2.91. The Morgan fingerprint density at radius 3 is 2.27 bits per heavy atom. The normalized spacial score (nSPS) is 42.8. The average Bonchev–Trinajstić information content (AvgIpc) is 2.03. The molecule has 0 heterocycles. The summed E-state index contributed by atoms with van der Waals surface area (Å²) in [7, 11) is 0. The summed E-state index contributed by atoms with van der Waals surface area (Å²) in [6.07, 6.45) is 1.93. The lowest BCUT2D eigenvalue weighted by Crippen LogP contribution is -2.40. The summed E-state index contributed by atoms with van der Waals surface area (Å²) in [6, 6.07) is 0. The van der Waals surface area contributed by atoms with Crippen LogP contribution in [-0.2, 0) is 0 Å². The third kappa shape index (κ3) is 1.57. The van der Waals surface area contributed by atoms with Crippen LogP contribution in [0.15, 0.2) is 0 Å². The van der Waals surface area contributed by atoms with Gasteiger partial charge in [-0.05, 0) is 24.2 Å². The van der Waals surface area contributed by atoms with Crippen LogP contribution >= 0.6 is 0 Å². The lowest BCUT2D eigenvalue weighted by Gasteiger charge is -2.26. The smallest absolute Gasteiger partial charge is 0.0800 e. The zero-order valence-electron chi connectivity index (χ0n) is 7.72. The monoisotopic (exact) mass is 157 g/mol. The average molecular weight is 157 g/mol. The Balaban J connectivity index is 2.73. The van der Waals surface area contributed by atoms with E-state index in [9.17, 15) is 5.11 Å². The Morgan fingerprint density at radius 2 is 2.09 bits per heavy atom. The maximum atomic E-state index is 9.98. The lowest BCUT2D eigenvalue weighted by atomic mass is 9.89. The quantitative estimate of drug-likeness (QED) is 0.599. The van der Waals surface area contributed by atoms with Crippen molar-refractivity contribution in [3.63, 3.8) is 0 Å². The van der Waals surface area contributed by atoms with E-state index in [0.29, 0.717) is 12.5 Å². The molecule has 0 aromatic rings. The van der Waals surface area contributed by atoms with E-state index in [1.807, 2.05) is 0 Å². The summed E-state index contributed by atoms with van der Waals surface area (Å²) in [5.41, 5.74) is 5.21. The van der Waals surface area contributed by atoms with E-state index in [0.717, 1.165) is 12.8 Å². The highest BCUT2D eigenvalue weighted by Crippen LogP contribution is 2.46. The fourth-order valence-corrected chi connectivity index (χ4v) is 2.37. The van der Waals surface area contributed by atoms with Gasteiger partial charge in [0.05, 0.1) is 5.60 Å². The molecule has 1 aliphatic rings. The summed E-state index contributed by atoms with van der Waals surface area (Å²) >= 11 is 0. The van der Waals surface area contributed by atoms with Crippen molar-refractivity contribution < 1.29 is 5.11 Å². The summed E-state index contributed by atoms with van der Waals surface area (Å²) in [5.74, 6) is 0.350. The van der Waals surface area contributed by atoms with Crippen LogP contribution in [0, 0.1) is 11.3 Å². The molecule has 0 bridgehead atoms. The Bertz CT molecular complexity index is 156. The number of nitrogens with two attached hydrogens (primary N) is 1. The second-order valence-electron chi connectivity index (χ2n) is 4.75. The fourth-order valence-electron chi connectivity index (χ4n) is 2.37. The third-order valence-electron chi connectivity index (χ3n) is 2.91. The lowest BCUT2D eigenvalue weighted by molar-refractivity contribution is 0.0130. The molecule has 11 heavy (non-hydrogen) atoms. The largest absolute Gasteiger partial charge is 0.388 e. The van der Waals surface area contributed by atoms with Crippen molar-refractivity contribution in [3.05, 3.63) is 0 Å². The first kappa shape index (κ1) is 9.01. The first-order valence-corrected chi connectivity index (χ1v) is 4.32. The predicted octanol–water partition coefficient (Wildman–Crippen LogP) is 1.13. The topological polar surface area (TPSA) is 46.2 Å². The van der Waals surface area contributed by atoms with Crippen LogP contribution in [0.5, 0.6) is 0 Å². The molecular formula is C9H19NO. The van der Waals surface area contributed by atoms with Gasteiger partial charge in [-0.1, -0.05) is 20.8 Å². The van der Waals surface area contributed by atoms with Gasteiger partial charge in [0.1, 0.15) is 0 Å². The molecule has 0 saturated heterocycles. The Hall–Kier alpha value is -0.0800. The minimum atomic E-state index is -0.594. The van der Waals surface area contributed by atoms with Gasteiger partial charge in [0.2, 0.25) is 0 Å². The van der Waals surface area contributed by atoms with E-state index in [-0.39, 0.29) is 5.41 Å².